The summed E-state index contributed by atoms with van der Waals surface area (Å²) in [5, 5.41) is 4.55. The van der Waals surface area contributed by atoms with E-state index in [1.807, 2.05) is 14.0 Å². The Labute approximate surface area is 109 Å². The van der Waals surface area contributed by atoms with Crippen molar-refractivity contribution in [1.82, 2.24) is 9.88 Å². The van der Waals surface area contributed by atoms with Crippen LogP contribution < -0.4 is 5.32 Å². The Hall–Kier alpha value is -1.32. The van der Waals surface area contributed by atoms with Crippen LogP contribution >= 0.6 is 0 Å². The number of para-hydroxylation sites is 1. The summed E-state index contributed by atoms with van der Waals surface area (Å²) in [5.74, 6) is 0. The maximum atomic E-state index is 5.40. The number of hydrogen-bond donors (Lipinski definition) is 1. The zero-order valence-electron chi connectivity index (χ0n) is 11.3. The highest BCUT2D eigenvalue weighted by Crippen LogP contribution is 2.20. The molecule has 0 fully saturated rings. The molecule has 98 valence electrons. The van der Waals surface area contributed by atoms with Crippen LogP contribution in [0.3, 0.4) is 0 Å². The third-order valence-corrected chi connectivity index (χ3v) is 3.13. The Morgan fingerprint density at radius 1 is 1.28 bits per heavy atom. The monoisotopic (exact) mass is 246 g/mol. The smallest absolute Gasteiger partial charge is 0.0525 e. The van der Waals surface area contributed by atoms with Crippen LogP contribution in [0.1, 0.15) is 18.9 Å². The minimum Gasteiger partial charge on any atom is -0.382 e. The van der Waals surface area contributed by atoms with Crippen molar-refractivity contribution >= 4 is 10.9 Å². The van der Waals surface area contributed by atoms with Crippen LogP contribution in [0.2, 0.25) is 0 Å². The second-order valence-electron chi connectivity index (χ2n) is 4.44. The molecule has 0 unspecified atom stereocenters. The van der Waals surface area contributed by atoms with E-state index in [9.17, 15) is 0 Å². The predicted molar refractivity (Wildman–Crippen MR) is 75.8 cm³/mol. The van der Waals surface area contributed by atoms with Gasteiger partial charge in [0, 0.05) is 32.5 Å². The quantitative estimate of drug-likeness (QED) is 0.760. The Morgan fingerprint density at radius 2 is 2.17 bits per heavy atom. The van der Waals surface area contributed by atoms with Gasteiger partial charge in [0.25, 0.3) is 0 Å². The van der Waals surface area contributed by atoms with Gasteiger partial charge in [-0.15, -0.1) is 0 Å². The van der Waals surface area contributed by atoms with Gasteiger partial charge in [-0.05, 0) is 37.4 Å². The lowest BCUT2D eigenvalue weighted by atomic mass is 10.1. The molecule has 1 aromatic heterocycles. The van der Waals surface area contributed by atoms with Crippen LogP contribution in [0.5, 0.6) is 0 Å². The van der Waals surface area contributed by atoms with E-state index in [0.29, 0.717) is 0 Å². The van der Waals surface area contributed by atoms with Crippen molar-refractivity contribution in [3.8, 4) is 0 Å². The Balaban J connectivity index is 2.16. The van der Waals surface area contributed by atoms with Crippen LogP contribution in [0.4, 0.5) is 0 Å². The molecule has 3 nitrogen and oxygen atoms in total. The van der Waals surface area contributed by atoms with Crippen LogP contribution in [0.25, 0.3) is 10.9 Å². The topological polar surface area (TPSA) is 26.2 Å². The second kappa shape index (κ2) is 6.57. The average molecular weight is 246 g/mol. The highest BCUT2D eigenvalue weighted by molar-refractivity contribution is 5.83. The van der Waals surface area contributed by atoms with Gasteiger partial charge in [0.15, 0.2) is 0 Å². The lowest BCUT2D eigenvalue weighted by Crippen LogP contribution is -2.08. The molecule has 0 amide bonds. The van der Waals surface area contributed by atoms with Crippen LogP contribution in [0.15, 0.2) is 30.5 Å². The molecule has 1 aromatic carbocycles. The normalized spacial score (nSPS) is 11.2. The van der Waals surface area contributed by atoms with Crippen molar-refractivity contribution in [2.45, 2.75) is 26.4 Å². The molecule has 0 aliphatic rings. The average Bonchev–Trinajstić information content (AvgIpc) is 2.80. The van der Waals surface area contributed by atoms with Crippen molar-refractivity contribution in [3.05, 3.63) is 36.0 Å². The summed E-state index contributed by atoms with van der Waals surface area (Å²) in [5.41, 5.74) is 2.71. The number of aromatic nitrogens is 1. The van der Waals surface area contributed by atoms with E-state index in [1.54, 1.807) is 0 Å². The number of nitrogens with one attached hydrogen (secondary N) is 1. The number of hydrogen-bond acceptors (Lipinski definition) is 2. The minimum absolute atomic E-state index is 0.803. The first kappa shape index (κ1) is 13.1. The van der Waals surface area contributed by atoms with Crippen molar-refractivity contribution in [3.63, 3.8) is 0 Å². The molecular formula is C15H22N2O. The van der Waals surface area contributed by atoms with Gasteiger partial charge in [-0.25, -0.2) is 0 Å². The van der Waals surface area contributed by atoms with Crippen LogP contribution in [-0.2, 0) is 17.8 Å². The fourth-order valence-electron chi connectivity index (χ4n) is 2.34. The van der Waals surface area contributed by atoms with Crippen LogP contribution in [0, 0.1) is 0 Å². The molecule has 0 saturated carbocycles. The molecule has 0 atom stereocenters. The number of aryl methyl sites for hydroxylation is 1. The molecule has 18 heavy (non-hydrogen) atoms. The summed E-state index contributed by atoms with van der Waals surface area (Å²) in [6.45, 7) is 5.61. The number of benzene rings is 1. The van der Waals surface area contributed by atoms with E-state index in [-0.39, 0.29) is 0 Å². The summed E-state index contributed by atoms with van der Waals surface area (Å²) in [7, 11) is 1.99. The first-order chi connectivity index (χ1) is 8.86. The summed E-state index contributed by atoms with van der Waals surface area (Å²) >= 11 is 0. The van der Waals surface area contributed by atoms with Gasteiger partial charge in [-0.2, -0.15) is 0 Å². The fraction of sp³-hybridized carbons (Fsp3) is 0.467. The second-order valence-corrected chi connectivity index (χ2v) is 4.44. The molecule has 0 bridgehead atoms. The van der Waals surface area contributed by atoms with E-state index in [2.05, 4.69) is 40.3 Å². The van der Waals surface area contributed by atoms with Crippen molar-refractivity contribution in [1.29, 1.82) is 0 Å². The van der Waals surface area contributed by atoms with Gasteiger partial charge >= 0.3 is 0 Å². The number of ether oxygens (including phenoxy) is 1. The molecule has 0 spiro atoms. The fourth-order valence-corrected chi connectivity index (χ4v) is 2.34. The highest BCUT2D eigenvalue weighted by atomic mass is 16.5. The van der Waals surface area contributed by atoms with Gasteiger partial charge in [-0.1, -0.05) is 18.2 Å². The van der Waals surface area contributed by atoms with E-state index in [0.717, 1.165) is 32.7 Å². The first-order valence-electron chi connectivity index (χ1n) is 6.66. The van der Waals surface area contributed by atoms with Crippen molar-refractivity contribution < 1.29 is 4.74 Å². The van der Waals surface area contributed by atoms with E-state index < -0.39 is 0 Å². The molecule has 2 rings (SSSR count). The third-order valence-electron chi connectivity index (χ3n) is 3.13. The molecule has 1 N–H and O–H groups in total. The summed E-state index contributed by atoms with van der Waals surface area (Å²) in [6, 6.07) is 8.68. The third kappa shape index (κ3) is 2.92. The summed E-state index contributed by atoms with van der Waals surface area (Å²) in [4.78, 5) is 0. The van der Waals surface area contributed by atoms with E-state index in [1.165, 1.54) is 16.5 Å². The van der Waals surface area contributed by atoms with Gasteiger partial charge in [-0.3, -0.25) is 0 Å². The van der Waals surface area contributed by atoms with E-state index >= 15 is 0 Å². The number of nitrogens with zero attached hydrogens (tertiary/aromatic N) is 1. The molecule has 0 saturated heterocycles. The lowest BCUT2D eigenvalue weighted by Gasteiger charge is -2.09. The molecule has 0 radical (unpaired) electrons. The maximum absolute atomic E-state index is 5.40. The standard InChI is InChI=1S/C15H22N2O/c1-3-18-11-5-9-17-10-8-13-6-4-7-14(12-16-2)15(13)17/h4,6-8,10,16H,3,5,9,11-12H2,1-2H3. The van der Waals surface area contributed by atoms with Crippen LogP contribution in [-0.4, -0.2) is 24.8 Å². The lowest BCUT2D eigenvalue weighted by molar-refractivity contribution is 0.142. The molecule has 3 heteroatoms. The molecule has 0 aliphatic heterocycles. The SMILES string of the molecule is CCOCCCn1ccc2cccc(CNC)c21. The predicted octanol–water partition coefficient (Wildman–Crippen LogP) is 2.79. The summed E-state index contributed by atoms with van der Waals surface area (Å²) in [6.07, 6.45) is 3.24. The minimum atomic E-state index is 0.803. The largest absolute Gasteiger partial charge is 0.382 e. The number of rotatable bonds is 7. The Morgan fingerprint density at radius 3 is 2.94 bits per heavy atom. The van der Waals surface area contributed by atoms with Gasteiger partial charge in [0.05, 0.1) is 5.52 Å². The molecule has 2 aromatic rings. The zero-order chi connectivity index (χ0) is 12.8. The maximum Gasteiger partial charge on any atom is 0.0525 e. The summed E-state index contributed by atoms with van der Waals surface area (Å²) < 4.78 is 7.73. The van der Waals surface area contributed by atoms with Crippen molar-refractivity contribution in [2.24, 2.45) is 0 Å². The van der Waals surface area contributed by atoms with Crippen molar-refractivity contribution in [2.75, 3.05) is 20.3 Å². The molecule has 0 aliphatic carbocycles. The van der Waals surface area contributed by atoms with E-state index in [4.69, 9.17) is 4.74 Å². The Bertz CT molecular complexity index is 490. The molecule has 1 heterocycles. The zero-order valence-corrected chi connectivity index (χ0v) is 11.3. The number of fused-ring (bicyclic) bond motifs is 1. The highest BCUT2D eigenvalue weighted by Gasteiger charge is 2.05. The van der Waals surface area contributed by atoms with Gasteiger partial charge in [0.1, 0.15) is 0 Å². The van der Waals surface area contributed by atoms with Gasteiger partial charge in [0.2, 0.25) is 0 Å². The van der Waals surface area contributed by atoms with Gasteiger partial charge < -0.3 is 14.6 Å². The first-order valence-corrected chi connectivity index (χ1v) is 6.66. The molecular weight excluding hydrogens is 224 g/mol. The Kier molecular flexibility index (Phi) is 4.79.